The quantitative estimate of drug-likeness (QED) is 0.837. The fourth-order valence-corrected chi connectivity index (χ4v) is 4.60. The lowest BCUT2D eigenvalue weighted by Gasteiger charge is -2.40. The zero-order valence-corrected chi connectivity index (χ0v) is 12.7. The van der Waals surface area contributed by atoms with Crippen LogP contribution in [0.1, 0.15) is 58.6 Å². The molecule has 0 radical (unpaired) electrons. The minimum absolute atomic E-state index is 0.457. The molecule has 2 fully saturated rings. The zero-order chi connectivity index (χ0) is 13.7. The summed E-state index contributed by atoms with van der Waals surface area (Å²) < 4.78 is 0. The summed E-state index contributed by atoms with van der Waals surface area (Å²) in [4.78, 5) is 0. The standard InChI is InChI=1S/C18H27N/c1-13(14-8-6-5-7-9-14)19-16-12-15-10-11-18(16,4)17(15,2)3/h5-9,13,15-16,19H,10-12H2,1-4H3/t13-,15?,16?,18?/m0/s1. The summed E-state index contributed by atoms with van der Waals surface area (Å²) in [7, 11) is 0. The van der Waals surface area contributed by atoms with Crippen molar-refractivity contribution in [1.29, 1.82) is 0 Å². The minimum atomic E-state index is 0.457. The first-order chi connectivity index (χ1) is 8.95. The molecule has 0 aliphatic heterocycles. The summed E-state index contributed by atoms with van der Waals surface area (Å²) in [5.74, 6) is 0.915. The van der Waals surface area contributed by atoms with E-state index >= 15 is 0 Å². The van der Waals surface area contributed by atoms with Crippen molar-refractivity contribution in [2.75, 3.05) is 0 Å². The third kappa shape index (κ3) is 1.86. The molecule has 1 aromatic rings. The molecule has 1 nitrogen and oxygen atoms in total. The topological polar surface area (TPSA) is 12.0 Å². The van der Waals surface area contributed by atoms with Crippen molar-refractivity contribution in [3.05, 3.63) is 35.9 Å². The van der Waals surface area contributed by atoms with Gasteiger partial charge in [0.1, 0.15) is 0 Å². The van der Waals surface area contributed by atoms with Gasteiger partial charge in [0.15, 0.2) is 0 Å². The number of hydrogen-bond acceptors (Lipinski definition) is 1. The SMILES string of the molecule is C[C@H](NC1CC2CCC1(C)C2(C)C)c1ccccc1. The molecule has 0 heterocycles. The van der Waals surface area contributed by atoms with Crippen molar-refractivity contribution < 1.29 is 0 Å². The van der Waals surface area contributed by atoms with Crippen molar-refractivity contribution in [3.8, 4) is 0 Å². The van der Waals surface area contributed by atoms with Crippen molar-refractivity contribution in [2.24, 2.45) is 16.7 Å². The molecule has 3 rings (SSSR count). The second-order valence-corrected chi connectivity index (χ2v) is 7.46. The van der Waals surface area contributed by atoms with Crippen LogP contribution in [0.15, 0.2) is 30.3 Å². The normalized spacial score (nSPS) is 37.5. The maximum absolute atomic E-state index is 3.92. The Labute approximate surface area is 117 Å². The van der Waals surface area contributed by atoms with E-state index in [2.05, 4.69) is 63.3 Å². The van der Waals surface area contributed by atoms with Crippen LogP contribution >= 0.6 is 0 Å². The molecule has 1 heteroatoms. The second-order valence-electron chi connectivity index (χ2n) is 7.46. The highest BCUT2D eigenvalue weighted by Crippen LogP contribution is 2.65. The fourth-order valence-electron chi connectivity index (χ4n) is 4.60. The Kier molecular flexibility index (Phi) is 3.01. The molecule has 0 saturated heterocycles. The molecule has 0 aromatic heterocycles. The number of rotatable bonds is 3. The van der Waals surface area contributed by atoms with Gasteiger partial charge in [-0.3, -0.25) is 0 Å². The summed E-state index contributed by atoms with van der Waals surface area (Å²) in [6.45, 7) is 9.78. The smallest absolute Gasteiger partial charge is 0.0294 e. The van der Waals surface area contributed by atoms with Gasteiger partial charge in [0.25, 0.3) is 0 Å². The van der Waals surface area contributed by atoms with Crippen molar-refractivity contribution >= 4 is 0 Å². The van der Waals surface area contributed by atoms with E-state index in [9.17, 15) is 0 Å². The van der Waals surface area contributed by atoms with Crippen LogP contribution in [0, 0.1) is 16.7 Å². The van der Waals surface area contributed by atoms with E-state index in [1.54, 1.807) is 0 Å². The van der Waals surface area contributed by atoms with Crippen LogP contribution in [0.25, 0.3) is 0 Å². The second kappa shape index (κ2) is 4.34. The van der Waals surface area contributed by atoms with E-state index in [0.717, 1.165) is 5.92 Å². The van der Waals surface area contributed by atoms with Crippen molar-refractivity contribution in [2.45, 2.75) is 59.0 Å². The molecule has 0 spiro atoms. The number of fused-ring (bicyclic) bond motifs is 2. The monoisotopic (exact) mass is 257 g/mol. The van der Waals surface area contributed by atoms with Crippen LogP contribution in [0.5, 0.6) is 0 Å². The Morgan fingerprint density at radius 3 is 2.37 bits per heavy atom. The largest absolute Gasteiger partial charge is 0.307 e. The van der Waals surface area contributed by atoms with Crippen LogP contribution in [-0.4, -0.2) is 6.04 Å². The first-order valence-corrected chi connectivity index (χ1v) is 7.76. The van der Waals surface area contributed by atoms with Gasteiger partial charge < -0.3 is 5.32 Å². The number of benzene rings is 1. The number of hydrogen-bond donors (Lipinski definition) is 1. The molecular formula is C18H27N. The lowest BCUT2D eigenvalue weighted by molar-refractivity contribution is 0.116. The van der Waals surface area contributed by atoms with Gasteiger partial charge in [-0.05, 0) is 48.5 Å². The highest BCUT2D eigenvalue weighted by atomic mass is 15.0. The van der Waals surface area contributed by atoms with Gasteiger partial charge in [-0.2, -0.15) is 0 Å². The maximum atomic E-state index is 3.92. The lowest BCUT2D eigenvalue weighted by Crippen LogP contribution is -2.45. The van der Waals surface area contributed by atoms with Crippen LogP contribution < -0.4 is 5.32 Å². The highest BCUT2D eigenvalue weighted by molar-refractivity contribution is 5.20. The van der Waals surface area contributed by atoms with Gasteiger partial charge in [0.2, 0.25) is 0 Å². The van der Waals surface area contributed by atoms with Crippen molar-refractivity contribution in [1.82, 2.24) is 5.32 Å². The third-order valence-electron chi connectivity index (χ3n) is 6.54. The molecule has 2 aliphatic rings. The molecule has 19 heavy (non-hydrogen) atoms. The van der Waals surface area contributed by atoms with Gasteiger partial charge >= 0.3 is 0 Å². The minimum Gasteiger partial charge on any atom is -0.307 e. The molecule has 2 bridgehead atoms. The van der Waals surface area contributed by atoms with Gasteiger partial charge in [0.05, 0.1) is 0 Å². The molecule has 2 aliphatic carbocycles. The van der Waals surface area contributed by atoms with Gasteiger partial charge in [-0.15, -0.1) is 0 Å². The summed E-state index contributed by atoms with van der Waals surface area (Å²) in [6, 6.07) is 12.0. The fraction of sp³-hybridized carbons (Fsp3) is 0.667. The summed E-state index contributed by atoms with van der Waals surface area (Å²) in [5.41, 5.74) is 2.38. The molecule has 1 aromatic carbocycles. The molecule has 2 saturated carbocycles. The highest BCUT2D eigenvalue weighted by Gasteiger charge is 2.61. The molecule has 4 atom stereocenters. The summed E-state index contributed by atoms with van der Waals surface area (Å²) >= 11 is 0. The first kappa shape index (κ1) is 13.2. The Morgan fingerprint density at radius 1 is 1.16 bits per heavy atom. The lowest BCUT2D eigenvalue weighted by atomic mass is 9.69. The Hall–Kier alpha value is -0.820. The Morgan fingerprint density at radius 2 is 1.84 bits per heavy atom. The predicted octanol–water partition coefficient (Wildman–Crippen LogP) is 4.55. The molecule has 1 N–H and O–H groups in total. The van der Waals surface area contributed by atoms with E-state index in [1.807, 2.05) is 0 Å². The van der Waals surface area contributed by atoms with Crippen LogP contribution in [0.3, 0.4) is 0 Å². The van der Waals surface area contributed by atoms with E-state index in [1.165, 1.54) is 24.8 Å². The molecule has 104 valence electrons. The third-order valence-corrected chi connectivity index (χ3v) is 6.54. The first-order valence-electron chi connectivity index (χ1n) is 7.76. The van der Waals surface area contributed by atoms with E-state index in [0.29, 0.717) is 22.9 Å². The van der Waals surface area contributed by atoms with Crippen LogP contribution in [0.4, 0.5) is 0 Å². The Bertz CT molecular complexity index is 450. The Balaban J connectivity index is 1.76. The average molecular weight is 257 g/mol. The van der Waals surface area contributed by atoms with Crippen molar-refractivity contribution in [3.63, 3.8) is 0 Å². The maximum Gasteiger partial charge on any atom is 0.0294 e. The zero-order valence-electron chi connectivity index (χ0n) is 12.7. The van der Waals surface area contributed by atoms with Gasteiger partial charge in [-0.25, -0.2) is 0 Å². The van der Waals surface area contributed by atoms with E-state index < -0.39 is 0 Å². The number of nitrogens with one attached hydrogen (secondary N) is 1. The predicted molar refractivity (Wildman–Crippen MR) is 81.0 cm³/mol. The van der Waals surface area contributed by atoms with E-state index in [-0.39, 0.29) is 0 Å². The average Bonchev–Trinajstić information content (AvgIpc) is 2.73. The summed E-state index contributed by atoms with van der Waals surface area (Å²) in [6.07, 6.45) is 4.19. The van der Waals surface area contributed by atoms with Crippen LogP contribution in [0.2, 0.25) is 0 Å². The van der Waals surface area contributed by atoms with Gasteiger partial charge in [0, 0.05) is 12.1 Å². The van der Waals surface area contributed by atoms with Gasteiger partial charge in [-0.1, -0.05) is 51.1 Å². The summed E-state index contributed by atoms with van der Waals surface area (Å²) in [5, 5.41) is 3.92. The van der Waals surface area contributed by atoms with Crippen LogP contribution in [-0.2, 0) is 0 Å². The molecular weight excluding hydrogens is 230 g/mol. The van der Waals surface area contributed by atoms with E-state index in [4.69, 9.17) is 0 Å². The molecule has 0 amide bonds. The molecule has 3 unspecified atom stereocenters.